The molecule has 0 spiro atoms. The monoisotopic (exact) mass is 1230 g/mol. The molecule has 1 aliphatic heterocycles. The minimum absolute atomic E-state index is 0.00140. The first-order valence-electron chi connectivity index (χ1n) is 28.1. The minimum Gasteiger partial charge on any atom is -0.480 e. The summed E-state index contributed by atoms with van der Waals surface area (Å²) in [6.07, 6.45) is 5.12. The predicted molar refractivity (Wildman–Crippen MR) is 307 cm³/mol. The van der Waals surface area contributed by atoms with E-state index in [0.717, 1.165) is 28.4 Å². The number of unbranched alkanes of at least 4 members (excludes halogenated alkanes) is 5. The molecule has 2 aromatic rings. The maximum Gasteiger partial charge on any atom is 0.326 e. The zero-order chi connectivity index (χ0) is 61.1. The Morgan fingerprint density at radius 3 is 1.42 bits per heavy atom. The molecule has 460 valence electrons. The Balaban J connectivity index is 1.34. The average Bonchev–Trinajstić information content (AvgIpc) is 3.42. The molecule has 26 nitrogen and oxygen atoms in total. The molecule has 1 fully saturated rings. The van der Waals surface area contributed by atoms with E-state index in [2.05, 4.69) is 42.5 Å². The molecule has 0 aliphatic carbocycles. The maximum atomic E-state index is 13.9. The number of ketones is 1. The zero-order valence-electron chi connectivity index (χ0n) is 47.3. The first-order chi connectivity index (χ1) is 39.6. The summed E-state index contributed by atoms with van der Waals surface area (Å²) < 4.78 is 0.860. The molecule has 0 saturated carbocycles. The fourth-order valence-corrected chi connectivity index (χ4v) is 9.20. The summed E-state index contributed by atoms with van der Waals surface area (Å²) in [7, 11) is 0. The van der Waals surface area contributed by atoms with Crippen molar-refractivity contribution in [3.8, 4) is 0 Å². The summed E-state index contributed by atoms with van der Waals surface area (Å²) in [5.41, 5.74) is 2.03. The van der Waals surface area contributed by atoms with E-state index in [9.17, 15) is 78.3 Å². The summed E-state index contributed by atoms with van der Waals surface area (Å²) in [6, 6.07) is 10.6. The van der Waals surface area contributed by atoms with Gasteiger partial charge in [0.25, 0.3) is 5.91 Å². The Morgan fingerprint density at radius 2 is 0.928 bits per heavy atom. The van der Waals surface area contributed by atoms with E-state index >= 15 is 0 Å². The second-order valence-electron chi connectivity index (χ2n) is 20.6. The third-order valence-electron chi connectivity index (χ3n) is 13.6. The molecule has 0 radical (unpaired) electrons. The van der Waals surface area contributed by atoms with Crippen LogP contribution in [0.2, 0.25) is 0 Å². The SMILES string of the molecule is CC(=O)CC[C@@H](NC(=O)N[C@H](CCCCN(Cc1ccc(Br)cc1)C(=O)c1ccc(CNC(=O)CCCCNC(=O)CCCCCCNC(=O)CN2CCN(CC(=O)O)CCN(CC(=O)O)CCN(CC(=O)O)CC2)cc1)C(=O)O)C(=O)O. The number of amides is 6. The van der Waals surface area contributed by atoms with Crippen LogP contribution < -0.4 is 26.6 Å². The lowest BCUT2D eigenvalue weighted by Crippen LogP contribution is -2.51. The van der Waals surface area contributed by atoms with Gasteiger partial charge in [-0.2, -0.15) is 0 Å². The minimum atomic E-state index is -1.38. The first kappa shape index (κ1) is 70.2. The van der Waals surface area contributed by atoms with Gasteiger partial charge in [-0.3, -0.25) is 53.2 Å². The molecule has 27 heteroatoms. The van der Waals surface area contributed by atoms with Gasteiger partial charge in [0.1, 0.15) is 17.9 Å². The third-order valence-corrected chi connectivity index (χ3v) is 14.1. The van der Waals surface area contributed by atoms with Crippen LogP contribution in [0, 0.1) is 0 Å². The molecule has 3 rings (SSSR count). The van der Waals surface area contributed by atoms with Crippen molar-refractivity contribution in [3.05, 3.63) is 69.7 Å². The van der Waals surface area contributed by atoms with Gasteiger partial charge in [-0.1, -0.05) is 53.0 Å². The van der Waals surface area contributed by atoms with Crippen LogP contribution in [0.1, 0.15) is 112 Å². The van der Waals surface area contributed by atoms with Crippen molar-refractivity contribution in [2.45, 2.75) is 116 Å². The number of aliphatic carboxylic acids is 5. The van der Waals surface area contributed by atoms with Gasteiger partial charge < -0.3 is 61.8 Å². The fourth-order valence-electron chi connectivity index (χ4n) is 8.93. The average molecular weight is 1230 g/mol. The quantitative estimate of drug-likeness (QED) is 0.0434. The van der Waals surface area contributed by atoms with Crippen LogP contribution in [0.5, 0.6) is 0 Å². The number of hydrogen-bond acceptors (Lipinski definition) is 15. The highest BCUT2D eigenvalue weighted by Crippen LogP contribution is 2.17. The third kappa shape index (κ3) is 31.8. The van der Waals surface area contributed by atoms with Crippen molar-refractivity contribution < 1.29 is 78.3 Å². The number of urea groups is 1. The van der Waals surface area contributed by atoms with E-state index < -0.39 is 48.0 Å². The van der Waals surface area contributed by atoms with Crippen molar-refractivity contribution in [3.63, 3.8) is 0 Å². The number of rotatable bonds is 37. The van der Waals surface area contributed by atoms with Crippen LogP contribution in [0.3, 0.4) is 0 Å². The van der Waals surface area contributed by atoms with E-state index in [0.29, 0.717) is 89.8 Å². The highest BCUT2D eigenvalue weighted by molar-refractivity contribution is 9.10. The summed E-state index contributed by atoms with van der Waals surface area (Å²) in [5, 5.41) is 60.7. The van der Waals surface area contributed by atoms with E-state index in [4.69, 9.17) is 0 Å². The van der Waals surface area contributed by atoms with Crippen molar-refractivity contribution in [2.75, 3.05) is 98.2 Å². The molecule has 83 heavy (non-hydrogen) atoms. The smallest absolute Gasteiger partial charge is 0.326 e. The lowest BCUT2D eigenvalue weighted by molar-refractivity contribution is -0.140. The number of carboxylic acid groups (broad SMARTS) is 5. The lowest BCUT2D eigenvalue weighted by Gasteiger charge is -2.32. The number of hydrogen-bond donors (Lipinski definition) is 10. The van der Waals surface area contributed by atoms with Gasteiger partial charge in [0, 0.05) is 114 Å². The van der Waals surface area contributed by atoms with Crippen LogP contribution in [-0.4, -0.2) is 226 Å². The van der Waals surface area contributed by atoms with E-state index in [-0.39, 0.29) is 127 Å². The molecule has 10 N–H and O–H groups in total. The second kappa shape index (κ2) is 39.4. The van der Waals surface area contributed by atoms with Crippen molar-refractivity contribution in [1.82, 2.24) is 51.1 Å². The van der Waals surface area contributed by atoms with Gasteiger partial charge in [0.2, 0.25) is 17.7 Å². The Bertz CT molecular complexity index is 2400. The maximum absolute atomic E-state index is 13.9. The molecule has 6 amide bonds. The van der Waals surface area contributed by atoms with E-state index in [1.807, 2.05) is 29.2 Å². The molecule has 1 heterocycles. The molecule has 1 aliphatic rings. The van der Waals surface area contributed by atoms with Gasteiger partial charge in [0.05, 0.1) is 26.2 Å². The van der Waals surface area contributed by atoms with Gasteiger partial charge in [-0.15, -0.1) is 0 Å². The molecule has 2 aromatic carbocycles. The van der Waals surface area contributed by atoms with E-state index in [1.165, 1.54) is 6.92 Å². The van der Waals surface area contributed by atoms with Crippen LogP contribution >= 0.6 is 15.9 Å². The molecule has 0 unspecified atom stereocenters. The largest absolute Gasteiger partial charge is 0.480 e. The highest BCUT2D eigenvalue weighted by Gasteiger charge is 2.26. The van der Waals surface area contributed by atoms with Crippen molar-refractivity contribution in [1.29, 1.82) is 0 Å². The Labute approximate surface area is 492 Å². The van der Waals surface area contributed by atoms with Crippen LogP contribution in [-0.2, 0) is 56.2 Å². The Kier molecular flexibility index (Phi) is 33.3. The van der Waals surface area contributed by atoms with E-state index in [1.54, 1.807) is 43.9 Å². The first-order valence-corrected chi connectivity index (χ1v) is 28.9. The number of carboxylic acids is 5. The lowest BCUT2D eigenvalue weighted by atomic mass is 10.1. The molecule has 0 aromatic heterocycles. The van der Waals surface area contributed by atoms with Crippen LogP contribution in [0.25, 0.3) is 0 Å². The van der Waals surface area contributed by atoms with Crippen LogP contribution in [0.4, 0.5) is 4.79 Å². The number of carbonyl (C=O) groups excluding carboxylic acids is 6. The zero-order valence-corrected chi connectivity index (χ0v) is 48.9. The molecule has 2 atom stereocenters. The number of Topliss-reactive ketones (excluding diaryl/α,β-unsaturated/α-hetero) is 1. The standard InChI is InChI=1S/C56H83BrN10O16/c1-40(68)13-22-46(55(81)82)62-56(83)61-45(54(79)80)10-6-9-25-67(35-42-16-20-44(57)21-17-42)53(78)43-18-14-41(15-19-43)34-60-48(70)12-5-8-24-58-47(69)11-4-2-3-7-23-59-49(71)36-63-26-28-64(37-50(72)73)30-32-66(39-52(76)77)33-31-65(29-27-63)38-51(74)75/h14-21,45-46H,2-13,22-39H2,1H3,(H,58,69)(H,59,71)(H,60,70)(H,72,73)(H,74,75)(H,76,77)(H,79,80)(H,81,82)(H2,61,62,83)/t45-,46-/m1/s1. The van der Waals surface area contributed by atoms with Gasteiger partial charge in [-0.25, -0.2) is 14.4 Å². The summed E-state index contributed by atoms with van der Waals surface area (Å²) in [6.45, 7) is 4.56. The Morgan fingerprint density at radius 1 is 0.494 bits per heavy atom. The predicted octanol–water partition coefficient (Wildman–Crippen LogP) is 2.28. The van der Waals surface area contributed by atoms with Gasteiger partial charge in [-0.05, 0) is 93.7 Å². The summed E-state index contributed by atoms with van der Waals surface area (Å²) in [5.74, 6) is -6.79. The molecule has 0 bridgehead atoms. The highest BCUT2D eigenvalue weighted by atomic mass is 79.9. The molecule has 1 saturated heterocycles. The Hall–Kier alpha value is -7.07. The topological polar surface area (TPSA) is 365 Å². The number of benzene rings is 2. The molecular formula is C56H83BrN10O16. The van der Waals surface area contributed by atoms with Gasteiger partial charge >= 0.3 is 35.9 Å². The van der Waals surface area contributed by atoms with Gasteiger partial charge in [0.15, 0.2) is 0 Å². The normalized spacial score (nSPS) is 14.6. The summed E-state index contributed by atoms with van der Waals surface area (Å²) in [4.78, 5) is 142. The second-order valence-corrected chi connectivity index (χ2v) is 21.5. The van der Waals surface area contributed by atoms with Crippen LogP contribution in [0.15, 0.2) is 53.0 Å². The number of halogens is 1. The fraction of sp³-hybridized carbons (Fsp3) is 0.589. The number of nitrogens with zero attached hydrogens (tertiary/aromatic N) is 5. The number of carbonyl (C=O) groups is 11. The molecular weight excluding hydrogens is 1150 g/mol. The summed E-state index contributed by atoms with van der Waals surface area (Å²) >= 11 is 3.42. The van der Waals surface area contributed by atoms with Crippen molar-refractivity contribution in [2.24, 2.45) is 0 Å². The number of nitrogens with one attached hydrogen (secondary N) is 5. The van der Waals surface area contributed by atoms with Crippen molar-refractivity contribution >= 4 is 81.2 Å².